The van der Waals surface area contributed by atoms with Crippen molar-refractivity contribution in [1.82, 2.24) is 15.2 Å². The van der Waals surface area contributed by atoms with Crippen LogP contribution in [0.5, 0.6) is 11.5 Å². The Morgan fingerprint density at radius 3 is 2.78 bits per heavy atom. The molecule has 0 spiro atoms. The maximum absolute atomic E-state index is 11.2. The summed E-state index contributed by atoms with van der Waals surface area (Å²) >= 11 is 0. The molecule has 0 aliphatic carbocycles. The Bertz CT molecular complexity index is 831. The molecule has 7 heteroatoms. The van der Waals surface area contributed by atoms with Gasteiger partial charge in [-0.25, -0.2) is 4.98 Å². The fourth-order valence-electron chi connectivity index (χ4n) is 3.61. The molecule has 2 heterocycles. The number of rotatable bonds is 6. The van der Waals surface area contributed by atoms with E-state index in [-0.39, 0.29) is 11.9 Å². The summed E-state index contributed by atoms with van der Waals surface area (Å²) in [5, 5.41) is 2.98. The van der Waals surface area contributed by atoms with Crippen LogP contribution in [0.25, 0.3) is 11.5 Å². The molecule has 27 heavy (non-hydrogen) atoms. The second kappa shape index (κ2) is 8.00. The Labute approximate surface area is 159 Å². The van der Waals surface area contributed by atoms with Gasteiger partial charge in [0.1, 0.15) is 17.3 Å². The zero-order valence-corrected chi connectivity index (χ0v) is 16.6. The van der Waals surface area contributed by atoms with Crippen LogP contribution in [0.3, 0.4) is 0 Å². The molecule has 1 saturated heterocycles. The minimum Gasteiger partial charge on any atom is -0.496 e. The monoisotopic (exact) mass is 373 g/mol. The van der Waals surface area contributed by atoms with Gasteiger partial charge in [-0.15, -0.1) is 0 Å². The second-order valence-corrected chi connectivity index (χ2v) is 6.92. The summed E-state index contributed by atoms with van der Waals surface area (Å²) in [5.74, 6) is 2.82. The normalized spacial score (nSPS) is 17.1. The Hall–Kier alpha value is -2.54. The first-order chi connectivity index (χ1) is 12.9. The second-order valence-electron chi connectivity index (χ2n) is 6.92. The summed E-state index contributed by atoms with van der Waals surface area (Å²) in [5.41, 5.74) is 2.62. The van der Waals surface area contributed by atoms with E-state index in [1.54, 1.807) is 21.1 Å². The molecule has 0 radical (unpaired) electrons. The predicted molar refractivity (Wildman–Crippen MR) is 102 cm³/mol. The maximum Gasteiger partial charge on any atom is 0.230 e. The van der Waals surface area contributed by atoms with Gasteiger partial charge in [-0.05, 0) is 32.4 Å². The van der Waals surface area contributed by atoms with E-state index >= 15 is 0 Å². The van der Waals surface area contributed by atoms with Crippen LogP contribution in [0.2, 0.25) is 0 Å². The first kappa shape index (κ1) is 19.2. The van der Waals surface area contributed by atoms with Crippen LogP contribution < -0.4 is 14.8 Å². The Morgan fingerprint density at radius 2 is 2.11 bits per heavy atom. The van der Waals surface area contributed by atoms with Gasteiger partial charge >= 0.3 is 0 Å². The molecule has 1 aromatic heterocycles. The average Bonchev–Trinajstić information content (AvgIpc) is 3.21. The molecular weight excluding hydrogens is 346 g/mol. The molecule has 1 aliphatic heterocycles. The largest absolute Gasteiger partial charge is 0.496 e. The number of benzene rings is 1. The van der Waals surface area contributed by atoms with Crippen molar-refractivity contribution in [3.8, 4) is 23.0 Å². The molecule has 0 saturated carbocycles. The van der Waals surface area contributed by atoms with E-state index < -0.39 is 0 Å². The van der Waals surface area contributed by atoms with Crippen molar-refractivity contribution in [3.63, 3.8) is 0 Å². The standard InChI is InChI=1S/C20H27N3O4/c1-12-18(25-4)7-6-16(19(12)26-5)20-22-17(13(2)27-20)11-23-9-8-15(10-23)21-14(3)24/h6-7,15H,8-11H2,1-5H3,(H,21,24)/t15-/m0/s1. The summed E-state index contributed by atoms with van der Waals surface area (Å²) in [4.78, 5) is 18.2. The molecule has 1 amide bonds. The molecule has 7 nitrogen and oxygen atoms in total. The van der Waals surface area contributed by atoms with Crippen LogP contribution in [0.4, 0.5) is 0 Å². The van der Waals surface area contributed by atoms with Crippen molar-refractivity contribution in [3.05, 3.63) is 29.2 Å². The van der Waals surface area contributed by atoms with Crippen molar-refractivity contribution < 1.29 is 18.7 Å². The van der Waals surface area contributed by atoms with Gasteiger partial charge in [0.25, 0.3) is 0 Å². The van der Waals surface area contributed by atoms with Gasteiger partial charge in [0.15, 0.2) is 0 Å². The maximum atomic E-state index is 11.2. The van der Waals surface area contributed by atoms with E-state index in [0.717, 1.165) is 47.8 Å². The van der Waals surface area contributed by atoms with Gasteiger partial charge in [-0.2, -0.15) is 0 Å². The quantitative estimate of drug-likeness (QED) is 0.839. The van der Waals surface area contributed by atoms with Crippen molar-refractivity contribution in [2.24, 2.45) is 0 Å². The number of methoxy groups -OCH3 is 2. The number of nitrogens with zero attached hydrogens (tertiary/aromatic N) is 2. The smallest absolute Gasteiger partial charge is 0.230 e. The number of carbonyl (C=O) groups is 1. The van der Waals surface area contributed by atoms with E-state index in [4.69, 9.17) is 18.9 Å². The number of nitrogens with one attached hydrogen (secondary N) is 1. The third kappa shape index (κ3) is 4.08. The van der Waals surface area contributed by atoms with Crippen molar-refractivity contribution in [2.45, 2.75) is 39.8 Å². The fraction of sp³-hybridized carbons (Fsp3) is 0.500. The van der Waals surface area contributed by atoms with Gasteiger partial charge in [-0.1, -0.05) is 0 Å². The molecule has 1 aromatic carbocycles. The Morgan fingerprint density at radius 1 is 1.33 bits per heavy atom. The first-order valence-corrected chi connectivity index (χ1v) is 9.10. The number of aromatic nitrogens is 1. The van der Waals surface area contributed by atoms with Gasteiger partial charge in [0.05, 0.1) is 25.5 Å². The number of hydrogen-bond donors (Lipinski definition) is 1. The molecule has 0 unspecified atom stereocenters. The lowest BCUT2D eigenvalue weighted by Gasteiger charge is -2.15. The van der Waals surface area contributed by atoms with Gasteiger partial charge < -0.3 is 19.2 Å². The highest BCUT2D eigenvalue weighted by Crippen LogP contribution is 2.38. The van der Waals surface area contributed by atoms with Crippen molar-refractivity contribution in [1.29, 1.82) is 0 Å². The third-order valence-electron chi connectivity index (χ3n) is 4.96. The third-order valence-corrected chi connectivity index (χ3v) is 4.96. The Kier molecular flexibility index (Phi) is 5.70. The molecule has 1 fully saturated rings. The van der Waals surface area contributed by atoms with Crippen LogP contribution in [0, 0.1) is 13.8 Å². The number of amides is 1. The summed E-state index contributed by atoms with van der Waals surface area (Å²) < 4.78 is 16.9. The lowest BCUT2D eigenvalue weighted by atomic mass is 10.1. The molecular formula is C20H27N3O4. The summed E-state index contributed by atoms with van der Waals surface area (Å²) in [6.45, 7) is 7.88. The van der Waals surface area contributed by atoms with Crippen LogP contribution in [0.15, 0.2) is 16.5 Å². The number of hydrogen-bond acceptors (Lipinski definition) is 6. The van der Waals surface area contributed by atoms with Crippen molar-refractivity contribution >= 4 is 5.91 Å². The van der Waals surface area contributed by atoms with E-state index in [2.05, 4.69) is 10.2 Å². The zero-order valence-electron chi connectivity index (χ0n) is 16.6. The molecule has 3 rings (SSSR count). The van der Waals surface area contributed by atoms with Gasteiger partial charge in [0.2, 0.25) is 11.8 Å². The summed E-state index contributed by atoms with van der Waals surface area (Å²) in [6.07, 6.45) is 0.953. The highest BCUT2D eigenvalue weighted by Gasteiger charge is 2.25. The molecule has 0 bridgehead atoms. The topological polar surface area (TPSA) is 76.8 Å². The van der Waals surface area contributed by atoms with Crippen LogP contribution in [0.1, 0.15) is 30.4 Å². The summed E-state index contributed by atoms with van der Waals surface area (Å²) in [7, 11) is 3.27. The lowest BCUT2D eigenvalue weighted by molar-refractivity contribution is -0.119. The lowest BCUT2D eigenvalue weighted by Crippen LogP contribution is -2.35. The number of likely N-dealkylation sites (tertiary alicyclic amines) is 1. The highest BCUT2D eigenvalue weighted by molar-refractivity contribution is 5.73. The predicted octanol–water partition coefficient (Wildman–Crippen LogP) is 2.69. The zero-order chi connectivity index (χ0) is 19.6. The molecule has 1 atom stereocenters. The minimum atomic E-state index is 0.0173. The van der Waals surface area contributed by atoms with E-state index in [0.29, 0.717) is 18.2 Å². The van der Waals surface area contributed by atoms with Gasteiger partial charge in [0, 0.05) is 38.2 Å². The number of carbonyl (C=O) groups excluding carboxylic acids is 1. The van der Waals surface area contributed by atoms with E-state index in [1.165, 1.54) is 0 Å². The number of oxazole rings is 1. The fourth-order valence-corrected chi connectivity index (χ4v) is 3.61. The molecule has 146 valence electrons. The van der Waals surface area contributed by atoms with Gasteiger partial charge in [-0.3, -0.25) is 9.69 Å². The highest BCUT2D eigenvalue weighted by atomic mass is 16.5. The average molecular weight is 373 g/mol. The van der Waals surface area contributed by atoms with E-state index in [9.17, 15) is 4.79 Å². The molecule has 1 aliphatic rings. The number of ether oxygens (including phenoxy) is 2. The number of aryl methyl sites for hydroxylation is 1. The molecule has 2 aromatic rings. The first-order valence-electron chi connectivity index (χ1n) is 9.10. The Balaban J connectivity index is 1.79. The van der Waals surface area contributed by atoms with Crippen LogP contribution >= 0.6 is 0 Å². The van der Waals surface area contributed by atoms with Crippen molar-refractivity contribution in [2.75, 3.05) is 27.3 Å². The molecule has 1 N–H and O–H groups in total. The SMILES string of the molecule is COc1ccc(-c2nc(CN3CC[C@H](NC(C)=O)C3)c(C)o2)c(OC)c1C. The minimum absolute atomic E-state index is 0.0173. The summed E-state index contributed by atoms with van der Waals surface area (Å²) in [6, 6.07) is 4.01. The van der Waals surface area contributed by atoms with Crippen LogP contribution in [-0.4, -0.2) is 49.1 Å². The van der Waals surface area contributed by atoms with Crippen LogP contribution in [-0.2, 0) is 11.3 Å². The van der Waals surface area contributed by atoms with E-state index in [1.807, 2.05) is 26.0 Å².